The standard InChI is InChI=1S/C16H16N/c1-17-14-8-7-13-16(17)12-6-5-11-15-9-3-2-4-10-15/h2-14H,1H3/q+1/b11-5+,12-6+. The average molecular weight is 222 g/mol. The Morgan fingerprint density at radius 1 is 0.824 bits per heavy atom. The highest BCUT2D eigenvalue weighted by atomic mass is 14.9. The summed E-state index contributed by atoms with van der Waals surface area (Å²) in [5.74, 6) is 0. The Morgan fingerprint density at radius 2 is 1.53 bits per heavy atom. The SMILES string of the molecule is C[n+]1ccccc1/C=C/C=C/c1ccccc1. The summed E-state index contributed by atoms with van der Waals surface area (Å²) in [5.41, 5.74) is 2.40. The maximum Gasteiger partial charge on any atom is 0.204 e. The van der Waals surface area contributed by atoms with Gasteiger partial charge in [-0.2, -0.15) is 0 Å². The van der Waals surface area contributed by atoms with Crippen molar-refractivity contribution in [3.63, 3.8) is 0 Å². The van der Waals surface area contributed by atoms with Crippen molar-refractivity contribution in [1.82, 2.24) is 0 Å². The molecule has 0 saturated heterocycles. The highest BCUT2D eigenvalue weighted by Gasteiger charge is 1.96. The summed E-state index contributed by atoms with van der Waals surface area (Å²) in [6, 6.07) is 16.4. The number of benzene rings is 1. The lowest BCUT2D eigenvalue weighted by Crippen LogP contribution is -2.30. The van der Waals surface area contributed by atoms with Crippen molar-refractivity contribution in [2.24, 2.45) is 7.05 Å². The fourth-order valence-electron chi connectivity index (χ4n) is 1.59. The summed E-state index contributed by atoms with van der Waals surface area (Å²) < 4.78 is 2.09. The molecule has 84 valence electrons. The van der Waals surface area contributed by atoms with E-state index in [-0.39, 0.29) is 0 Å². The van der Waals surface area contributed by atoms with Crippen LogP contribution < -0.4 is 4.57 Å². The van der Waals surface area contributed by atoms with Gasteiger partial charge in [0.2, 0.25) is 5.69 Å². The van der Waals surface area contributed by atoms with Crippen LogP contribution in [0.25, 0.3) is 12.2 Å². The van der Waals surface area contributed by atoms with E-state index < -0.39 is 0 Å². The van der Waals surface area contributed by atoms with Crippen LogP contribution in [-0.4, -0.2) is 0 Å². The predicted molar refractivity (Wildman–Crippen MR) is 72.1 cm³/mol. The molecule has 1 heteroatoms. The normalized spacial score (nSPS) is 11.4. The third-order valence-electron chi connectivity index (χ3n) is 2.56. The van der Waals surface area contributed by atoms with E-state index in [0.717, 1.165) is 0 Å². The summed E-state index contributed by atoms with van der Waals surface area (Å²) in [6.45, 7) is 0. The van der Waals surface area contributed by atoms with E-state index in [0.29, 0.717) is 0 Å². The Morgan fingerprint density at radius 3 is 2.29 bits per heavy atom. The number of aromatic nitrogens is 1. The van der Waals surface area contributed by atoms with Gasteiger partial charge in [-0.15, -0.1) is 0 Å². The molecule has 1 heterocycles. The minimum absolute atomic E-state index is 1.19. The smallest absolute Gasteiger partial charge is 0.202 e. The van der Waals surface area contributed by atoms with Crippen LogP contribution in [-0.2, 0) is 7.05 Å². The van der Waals surface area contributed by atoms with Crippen LogP contribution in [0.2, 0.25) is 0 Å². The van der Waals surface area contributed by atoms with Crippen molar-refractivity contribution in [2.45, 2.75) is 0 Å². The van der Waals surface area contributed by atoms with E-state index in [1.54, 1.807) is 0 Å². The Bertz CT molecular complexity index is 524. The molecule has 0 unspecified atom stereocenters. The van der Waals surface area contributed by atoms with Gasteiger partial charge in [-0.3, -0.25) is 0 Å². The molecule has 0 amide bonds. The van der Waals surface area contributed by atoms with Crippen molar-refractivity contribution >= 4 is 12.2 Å². The maximum absolute atomic E-state index is 2.10. The summed E-state index contributed by atoms with van der Waals surface area (Å²) >= 11 is 0. The first-order chi connectivity index (χ1) is 8.36. The van der Waals surface area contributed by atoms with E-state index in [1.807, 2.05) is 43.6 Å². The van der Waals surface area contributed by atoms with Crippen molar-refractivity contribution in [3.05, 3.63) is 78.1 Å². The Labute approximate surface area is 102 Å². The van der Waals surface area contributed by atoms with Crippen LogP contribution in [0.3, 0.4) is 0 Å². The maximum atomic E-state index is 2.10. The van der Waals surface area contributed by atoms with Gasteiger partial charge < -0.3 is 0 Å². The zero-order valence-electron chi connectivity index (χ0n) is 9.95. The van der Waals surface area contributed by atoms with Gasteiger partial charge in [0.25, 0.3) is 0 Å². The van der Waals surface area contributed by atoms with E-state index in [2.05, 4.69) is 47.1 Å². The number of nitrogens with zero attached hydrogens (tertiary/aromatic N) is 1. The third kappa shape index (κ3) is 3.42. The van der Waals surface area contributed by atoms with Crippen LogP contribution in [0.5, 0.6) is 0 Å². The lowest BCUT2D eigenvalue weighted by Gasteiger charge is -1.91. The van der Waals surface area contributed by atoms with E-state index in [4.69, 9.17) is 0 Å². The van der Waals surface area contributed by atoms with E-state index >= 15 is 0 Å². The highest BCUT2D eigenvalue weighted by molar-refractivity contribution is 5.54. The monoisotopic (exact) mass is 222 g/mol. The molecule has 1 aromatic heterocycles. The van der Waals surface area contributed by atoms with Crippen molar-refractivity contribution in [2.75, 3.05) is 0 Å². The molecule has 0 radical (unpaired) electrons. The molecule has 0 bridgehead atoms. The van der Waals surface area contributed by atoms with E-state index in [9.17, 15) is 0 Å². The predicted octanol–water partition coefficient (Wildman–Crippen LogP) is 3.24. The number of hydrogen-bond donors (Lipinski definition) is 0. The zero-order valence-corrected chi connectivity index (χ0v) is 9.95. The van der Waals surface area contributed by atoms with Crippen LogP contribution in [0, 0.1) is 0 Å². The second-order valence-electron chi connectivity index (χ2n) is 3.87. The quantitative estimate of drug-likeness (QED) is 0.554. The van der Waals surface area contributed by atoms with Gasteiger partial charge in [-0.05, 0) is 11.6 Å². The molecular weight excluding hydrogens is 206 g/mol. The minimum Gasteiger partial charge on any atom is -0.202 e. The van der Waals surface area contributed by atoms with E-state index in [1.165, 1.54) is 11.3 Å². The lowest BCUT2D eigenvalue weighted by molar-refractivity contribution is -0.673. The molecule has 1 nitrogen and oxygen atoms in total. The fourth-order valence-corrected chi connectivity index (χ4v) is 1.59. The summed E-state index contributed by atoms with van der Waals surface area (Å²) in [5, 5.41) is 0. The molecule has 0 N–H and O–H groups in total. The molecule has 2 rings (SSSR count). The molecule has 0 aliphatic rings. The van der Waals surface area contributed by atoms with Gasteiger partial charge in [0.05, 0.1) is 0 Å². The number of hydrogen-bond acceptors (Lipinski definition) is 0. The molecule has 0 aliphatic carbocycles. The van der Waals surface area contributed by atoms with Crippen molar-refractivity contribution in [1.29, 1.82) is 0 Å². The molecule has 17 heavy (non-hydrogen) atoms. The molecule has 2 aromatic rings. The summed E-state index contributed by atoms with van der Waals surface area (Å²) in [4.78, 5) is 0. The second-order valence-corrected chi connectivity index (χ2v) is 3.87. The van der Waals surface area contributed by atoms with Crippen molar-refractivity contribution < 1.29 is 4.57 Å². The number of allylic oxidation sites excluding steroid dienone is 2. The third-order valence-corrected chi connectivity index (χ3v) is 2.56. The lowest BCUT2D eigenvalue weighted by atomic mass is 10.2. The van der Waals surface area contributed by atoms with Crippen LogP contribution in [0.1, 0.15) is 11.3 Å². The average Bonchev–Trinajstić information content (AvgIpc) is 2.38. The van der Waals surface area contributed by atoms with Gasteiger partial charge in [0.15, 0.2) is 6.20 Å². The van der Waals surface area contributed by atoms with Gasteiger partial charge in [-0.1, -0.05) is 48.6 Å². The molecule has 1 aromatic carbocycles. The first kappa shape index (κ1) is 11.3. The Hall–Kier alpha value is -2.15. The second kappa shape index (κ2) is 5.80. The molecule has 0 saturated carbocycles. The van der Waals surface area contributed by atoms with Gasteiger partial charge >= 0.3 is 0 Å². The summed E-state index contributed by atoms with van der Waals surface area (Å²) in [7, 11) is 2.04. The van der Waals surface area contributed by atoms with Crippen molar-refractivity contribution in [3.8, 4) is 0 Å². The summed E-state index contributed by atoms with van der Waals surface area (Å²) in [6.07, 6.45) is 10.4. The number of aryl methyl sites for hydroxylation is 1. The number of pyridine rings is 1. The zero-order chi connectivity index (χ0) is 11.9. The van der Waals surface area contributed by atoms with Gasteiger partial charge in [0, 0.05) is 18.2 Å². The molecule has 0 aliphatic heterocycles. The first-order valence-corrected chi connectivity index (χ1v) is 5.71. The fraction of sp³-hybridized carbons (Fsp3) is 0.0625. The Balaban J connectivity index is 2.04. The number of rotatable bonds is 3. The topological polar surface area (TPSA) is 3.88 Å². The minimum atomic E-state index is 1.19. The molecular formula is C16H16N+. The highest BCUT2D eigenvalue weighted by Crippen LogP contribution is 2.01. The largest absolute Gasteiger partial charge is 0.204 e. The first-order valence-electron chi connectivity index (χ1n) is 5.71. The van der Waals surface area contributed by atoms with Gasteiger partial charge in [-0.25, -0.2) is 4.57 Å². The molecule has 0 fully saturated rings. The van der Waals surface area contributed by atoms with Crippen LogP contribution in [0.15, 0.2) is 66.9 Å². The van der Waals surface area contributed by atoms with Crippen LogP contribution in [0.4, 0.5) is 0 Å². The molecule has 0 atom stereocenters. The Kier molecular flexibility index (Phi) is 3.87. The van der Waals surface area contributed by atoms with Gasteiger partial charge in [0.1, 0.15) is 7.05 Å². The molecule has 0 spiro atoms. The van der Waals surface area contributed by atoms with Crippen LogP contribution >= 0.6 is 0 Å².